The van der Waals surface area contributed by atoms with Crippen LogP contribution in [0.1, 0.15) is 85.9 Å². The van der Waals surface area contributed by atoms with Gasteiger partial charge in [0.05, 0.1) is 23.6 Å². The molecule has 16 rings (SSSR count). The maximum Gasteiger partial charge on any atom is 0.268 e. The minimum atomic E-state index is -0.468. The maximum atomic E-state index is 9.66. The molecule has 6 nitrogen and oxygen atoms in total. The van der Waals surface area contributed by atoms with Gasteiger partial charge in [0.2, 0.25) is 0 Å². The molecule has 11 aromatic carbocycles. The number of hydrogen-bond acceptors (Lipinski definition) is 3. The van der Waals surface area contributed by atoms with E-state index in [0.29, 0.717) is 28.4 Å². The second-order valence-electron chi connectivity index (χ2n) is 26.9. The Hall–Kier alpha value is -9.87. The van der Waals surface area contributed by atoms with E-state index in [-0.39, 0.29) is 55.0 Å². The number of imidazole rings is 1. The van der Waals surface area contributed by atoms with Crippen molar-refractivity contribution in [3.8, 4) is 95.5 Å². The Morgan fingerprint density at radius 2 is 1.08 bits per heavy atom. The molecule has 0 bridgehead atoms. The molecule has 0 saturated heterocycles. The van der Waals surface area contributed by atoms with E-state index in [4.69, 9.17) is 18.3 Å². The number of hydrogen-bond donors (Lipinski definition) is 0. The predicted molar refractivity (Wildman–Crippen MR) is 370 cm³/mol. The van der Waals surface area contributed by atoms with Gasteiger partial charge in [-0.15, -0.1) is 29.7 Å². The van der Waals surface area contributed by atoms with Gasteiger partial charge in [-0.1, -0.05) is 219 Å². The fourth-order valence-corrected chi connectivity index (χ4v) is 13.2. The van der Waals surface area contributed by atoms with Crippen molar-refractivity contribution in [1.29, 1.82) is 0 Å². The van der Waals surface area contributed by atoms with E-state index >= 15 is 0 Å². The van der Waals surface area contributed by atoms with Gasteiger partial charge < -0.3 is 18.3 Å². The number of aromatic nitrogens is 4. The van der Waals surface area contributed by atoms with Crippen molar-refractivity contribution >= 4 is 54.8 Å². The van der Waals surface area contributed by atoms with Crippen LogP contribution < -0.4 is 9.30 Å². The van der Waals surface area contributed by atoms with Gasteiger partial charge in [0, 0.05) is 55.1 Å². The summed E-state index contributed by atoms with van der Waals surface area (Å²) >= 11 is 0. The van der Waals surface area contributed by atoms with Gasteiger partial charge in [-0.05, 0) is 159 Å². The van der Waals surface area contributed by atoms with Crippen LogP contribution >= 0.6 is 0 Å². The standard InChI is InChI=1S/C84H66N4O2.Pt/c1-82(2,3)57-39-40-85-79(48-57)88-74-31-17-15-27-67(74)68-37-35-62(50-75(68)88)89-61-24-19-23-60(49-61)86-51-87-80-63(52-21-11-10-12-22-52)29-20-30-70(80)71-43-53(55-41-58(83(4,5)6)47-59(42-55)84(7,8)9)33-36-66(71)64-25-13-14-26-65(64)73-45-56(46-76(86)81(73)87)54-34-38-78-72(44-54)69-28-16-18-32-77(69)90-78;/h10-48H,1-9H3;/q-2;/i10D,11D,12D,21D,22D;. The molecule has 15 aromatic rings. The molecular weight excluding hydrogens is 1290 g/mol. The van der Waals surface area contributed by atoms with E-state index in [2.05, 4.69) is 219 Å². The van der Waals surface area contributed by atoms with Crippen LogP contribution in [0.15, 0.2) is 241 Å². The summed E-state index contributed by atoms with van der Waals surface area (Å²) in [6, 6.07) is 74.9. The third kappa shape index (κ3) is 9.91. The van der Waals surface area contributed by atoms with Crippen LogP contribution in [0.4, 0.5) is 0 Å². The van der Waals surface area contributed by atoms with E-state index in [1.54, 1.807) is 0 Å². The average Bonchev–Trinajstić information content (AvgIpc) is 1.49. The normalized spacial score (nSPS) is 13.1. The number of ether oxygens (including phenoxy) is 1. The van der Waals surface area contributed by atoms with Crippen molar-refractivity contribution in [1.82, 2.24) is 14.1 Å². The molecule has 5 heterocycles. The van der Waals surface area contributed by atoms with Crippen molar-refractivity contribution in [3.63, 3.8) is 0 Å². The first-order chi connectivity index (χ1) is 45.5. The Bertz CT molecular complexity index is 5680. The molecule has 7 heteroatoms. The second kappa shape index (κ2) is 21.7. The molecule has 0 radical (unpaired) electrons. The Kier molecular flexibility index (Phi) is 12.4. The quantitative estimate of drug-likeness (QED) is 0.118. The van der Waals surface area contributed by atoms with Crippen LogP contribution in [0.5, 0.6) is 11.5 Å². The SMILES string of the molecule is [2H]c1c([2H])c([2H])c(-c2cccc3c2-[n+]2[c-]n(-c4[c-]c(Oc5[c-]c6c(cc5)c5ccccc5n6-c5cc(C(C)(C)C)ccn5)ccc4)c4cc(-c5ccc6oc7ccccc7c6c5)cc(c42)-c2ccccc2-c2ccc(-c4cc(C(C)(C)C)cc(C(C)(C)C)c4)cc2-3)c([2H])c1[2H].[Pt]. The largest absolute Gasteiger partial charge is 0.510 e. The first-order valence-corrected chi connectivity index (χ1v) is 30.8. The zero-order valence-corrected chi connectivity index (χ0v) is 54.3. The van der Waals surface area contributed by atoms with Crippen LogP contribution in [-0.4, -0.2) is 14.1 Å². The zero-order valence-electron chi connectivity index (χ0n) is 57.1. The number of furan rings is 1. The Morgan fingerprint density at radius 3 is 1.86 bits per heavy atom. The number of fused-ring (bicyclic) bond motifs is 13. The van der Waals surface area contributed by atoms with Crippen LogP contribution in [0.25, 0.3) is 139 Å². The smallest absolute Gasteiger partial charge is 0.268 e. The van der Waals surface area contributed by atoms with Crippen molar-refractivity contribution in [2.24, 2.45) is 0 Å². The van der Waals surface area contributed by atoms with Gasteiger partial charge in [-0.3, -0.25) is 4.57 Å². The Balaban J connectivity index is 0.00000756. The van der Waals surface area contributed by atoms with Gasteiger partial charge in [-0.2, -0.15) is 18.2 Å². The van der Waals surface area contributed by atoms with Gasteiger partial charge in [0.15, 0.2) is 0 Å². The van der Waals surface area contributed by atoms with E-state index in [1.807, 2.05) is 82.1 Å². The molecule has 91 heavy (non-hydrogen) atoms. The zero-order chi connectivity index (χ0) is 65.7. The summed E-state index contributed by atoms with van der Waals surface area (Å²) in [7, 11) is 0. The molecule has 0 atom stereocenters. The fourth-order valence-electron chi connectivity index (χ4n) is 13.2. The molecule has 0 saturated carbocycles. The summed E-state index contributed by atoms with van der Waals surface area (Å²) in [5.41, 5.74) is 19.2. The van der Waals surface area contributed by atoms with Crippen molar-refractivity contribution in [2.45, 2.75) is 78.6 Å². The van der Waals surface area contributed by atoms with Crippen LogP contribution in [0.3, 0.4) is 0 Å². The van der Waals surface area contributed by atoms with Crippen LogP contribution in [0.2, 0.25) is 0 Å². The fraction of sp³-hybridized carbons (Fsp3) is 0.143. The number of rotatable bonds is 7. The van der Waals surface area contributed by atoms with E-state index < -0.39 is 18.1 Å². The minimum Gasteiger partial charge on any atom is -0.510 e. The third-order valence-electron chi connectivity index (χ3n) is 17.9. The third-order valence-corrected chi connectivity index (χ3v) is 17.9. The molecular formula is C84H66N4O2Pt-2. The molecule has 0 unspecified atom stereocenters. The molecule has 1 aliphatic rings. The number of benzene rings is 11. The summed E-state index contributed by atoms with van der Waals surface area (Å²) in [5, 5.41) is 4.09. The second-order valence-corrected chi connectivity index (χ2v) is 26.9. The summed E-state index contributed by atoms with van der Waals surface area (Å²) in [6.07, 6.45) is 5.78. The van der Waals surface area contributed by atoms with Gasteiger partial charge >= 0.3 is 0 Å². The Morgan fingerprint density at radius 1 is 0.451 bits per heavy atom. The summed E-state index contributed by atoms with van der Waals surface area (Å²) in [5.74, 6) is 1.70. The van der Waals surface area contributed by atoms with Crippen molar-refractivity contribution in [2.75, 3.05) is 0 Å². The molecule has 4 aromatic heterocycles. The van der Waals surface area contributed by atoms with Gasteiger partial charge in [0.25, 0.3) is 6.33 Å². The summed E-state index contributed by atoms with van der Waals surface area (Å²) in [6.45, 7) is 20.1. The predicted octanol–water partition coefficient (Wildman–Crippen LogP) is 21.7. The number of pyridine rings is 1. The van der Waals surface area contributed by atoms with E-state index in [0.717, 1.165) is 122 Å². The molecule has 0 fully saturated rings. The first-order valence-electron chi connectivity index (χ1n) is 33.3. The molecule has 1 aliphatic heterocycles. The summed E-state index contributed by atoms with van der Waals surface area (Å²) in [4.78, 5) is 4.92. The van der Waals surface area contributed by atoms with Crippen LogP contribution in [-0.2, 0) is 37.3 Å². The molecule has 0 amide bonds. The molecule has 0 aliphatic carbocycles. The first kappa shape index (κ1) is 52.0. The van der Waals surface area contributed by atoms with E-state index in [1.165, 1.54) is 11.1 Å². The van der Waals surface area contributed by atoms with Gasteiger partial charge in [0.1, 0.15) is 17.0 Å². The Labute approximate surface area is 553 Å². The average molecular weight is 1360 g/mol. The molecule has 446 valence electrons. The van der Waals surface area contributed by atoms with Gasteiger partial charge in [-0.25, -0.2) is 4.98 Å². The van der Waals surface area contributed by atoms with Crippen LogP contribution in [0, 0.1) is 18.5 Å². The maximum absolute atomic E-state index is 9.66. The molecule has 0 N–H and O–H groups in total. The summed E-state index contributed by atoms with van der Waals surface area (Å²) < 4.78 is 65.9. The number of nitrogens with zero attached hydrogens (tertiary/aromatic N) is 4. The van der Waals surface area contributed by atoms with Crippen molar-refractivity contribution in [3.05, 3.63) is 272 Å². The minimum absolute atomic E-state index is 0. The van der Waals surface area contributed by atoms with Crippen molar-refractivity contribution < 1.29 is 41.6 Å². The molecule has 0 spiro atoms. The van der Waals surface area contributed by atoms with E-state index in [9.17, 15) is 2.74 Å². The monoisotopic (exact) mass is 1360 g/mol. The topological polar surface area (TPSA) is 49.0 Å². The number of para-hydroxylation sites is 3.